The van der Waals surface area contributed by atoms with Crippen LogP contribution in [-0.2, 0) is 11.2 Å². The van der Waals surface area contributed by atoms with Gasteiger partial charge in [-0.25, -0.2) is 9.97 Å². The fourth-order valence-corrected chi connectivity index (χ4v) is 5.22. The molecule has 4 aromatic rings. The number of thioether (sulfide) groups is 1. The molecule has 0 saturated heterocycles. The molecular formula is C18H15N3OS3. The zero-order valence-corrected chi connectivity index (χ0v) is 16.1. The molecule has 2 aromatic heterocycles. The van der Waals surface area contributed by atoms with Crippen molar-refractivity contribution >= 4 is 65.9 Å². The number of fused-ring (bicyclic) bond motifs is 3. The number of nitrogens with one attached hydrogen (secondary N) is 1. The van der Waals surface area contributed by atoms with Crippen LogP contribution < -0.4 is 5.32 Å². The molecule has 0 bridgehead atoms. The number of benzene rings is 2. The summed E-state index contributed by atoms with van der Waals surface area (Å²) < 4.78 is 3.26. The molecule has 0 radical (unpaired) electrons. The van der Waals surface area contributed by atoms with Gasteiger partial charge in [-0.2, -0.15) is 0 Å². The van der Waals surface area contributed by atoms with Gasteiger partial charge in [0.05, 0.1) is 26.9 Å². The third-order valence-corrected chi connectivity index (χ3v) is 7.01. The summed E-state index contributed by atoms with van der Waals surface area (Å²) in [4.78, 5) is 21.4. The lowest BCUT2D eigenvalue weighted by Gasteiger charge is -2.02. The zero-order chi connectivity index (χ0) is 17.4. The molecule has 4 nitrogen and oxygen atoms in total. The molecule has 0 fully saturated rings. The molecule has 0 aliphatic carbocycles. The SMILES string of the molecule is CSc1nc2ccc3nc(NC(=O)Cc4ccc(C)cc4)sc3c2s1. The van der Waals surface area contributed by atoms with E-state index >= 15 is 0 Å². The number of aryl methyl sites for hydroxylation is 1. The predicted octanol–water partition coefficient (Wildman–Crippen LogP) is 5.12. The minimum Gasteiger partial charge on any atom is -0.302 e. The second-order valence-electron chi connectivity index (χ2n) is 5.68. The summed E-state index contributed by atoms with van der Waals surface area (Å²) in [5, 5.41) is 3.57. The van der Waals surface area contributed by atoms with Gasteiger partial charge in [-0.3, -0.25) is 4.79 Å². The van der Waals surface area contributed by atoms with E-state index in [0.29, 0.717) is 11.6 Å². The number of nitrogens with zero attached hydrogens (tertiary/aromatic N) is 2. The van der Waals surface area contributed by atoms with Gasteiger partial charge >= 0.3 is 0 Å². The predicted molar refractivity (Wildman–Crippen MR) is 108 cm³/mol. The Kier molecular flexibility index (Phi) is 4.45. The van der Waals surface area contributed by atoms with E-state index < -0.39 is 0 Å². The minimum absolute atomic E-state index is 0.0479. The van der Waals surface area contributed by atoms with Crippen molar-refractivity contribution in [3.63, 3.8) is 0 Å². The standard InChI is InChI=1S/C18H15N3OS3/c1-10-3-5-11(6-4-10)9-14(22)21-17-19-12-7-8-13-16(15(12)24-17)25-18(20-13)23-2/h3-8H,9H2,1-2H3,(H,19,21,22). The maximum absolute atomic E-state index is 12.3. The van der Waals surface area contributed by atoms with Gasteiger partial charge in [0.2, 0.25) is 5.91 Å². The Morgan fingerprint density at radius 2 is 1.72 bits per heavy atom. The lowest BCUT2D eigenvalue weighted by atomic mass is 10.1. The molecule has 0 spiro atoms. The largest absolute Gasteiger partial charge is 0.302 e. The van der Waals surface area contributed by atoms with Gasteiger partial charge in [0, 0.05) is 0 Å². The van der Waals surface area contributed by atoms with Crippen LogP contribution in [0, 0.1) is 6.92 Å². The molecule has 2 heterocycles. The first-order chi connectivity index (χ1) is 12.1. The second-order valence-corrected chi connectivity index (χ2v) is 8.73. The third kappa shape index (κ3) is 3.40. The average Bonchev–Trinajstić information content (AvgIpc) is 3.19. The van der Waals surface area contributed by atoms with E-state index in [-0.39, 0.29) is 5.91 Å². The van der Waals surface area contributed by atoms with E-state index in [0.717, 1.165) is 30.3 Å². The molecule has 1 N–H and O–H groups in total. The number of thiazole rings is 2. The van der Waals surface area contributed by atoms with E-state index in [1.165, 1.54) is 16.9 Å². The van der Waals surface area contributed by atoms with Crippen LogP contribution in [0.2, 0.25) is 0 Å². The molecule has 25 heavy (non-hydrogen) atoms. The smallest absolute Gasteiger partial charge is 0.230 e. The third-order valence-electron chi connectivity index (χ3n) is 3.80. The number of hydrogen-bond acceptors (Lipinski definition) is 6. The Morgan fingerprint density at radius 3 is 2.44 bits per heavy atom. The van der Waals surface area contributed by atoms with Crippen molar-refractivity contribution in [3.8, 4) is 0 Å². The maximum Gasteiger partial charge on any atom is 0.230 e. The number of carbonyl (C=O) groups is 1. The van der Waals surface area contributed by atoms with Crippen LogP contribution >= 0.6 is 34.4 Å². The Morgan fingerprint density at radius 1 is 1.04 bits per heavy atom. The molecule has 0 unspecified atom stereocenters. The Hall–Kier alpha value is -1.96. The van der Waals surface area contributed by atoms with Crippen molar-refractivity contribution in [3.05, 3.63) is 47.5 Å². The zero-order valence-electron chi connectivity index (χ0n) is 13.7. The molecule has 4 rings (SSSR count). The van der Waals surface area contributed by atoms with E-state index in [1.54, 1.807) is 23.1 Å². The first kappa shape index (κ1) is 16.5. The highest BCUT2D eigenvalue weighted by atomic mass is 32.2. The minimum atomic E-state index is -0.0479. The van der Waals surface area contributed by atoms with Crippen molar-refractivity contribution in [2.75, 3.05) is 11.6 Å². The van der Waals surface area contributed by atoms with Crippen LogP contribution in [0.1, 0.15) is 11.1 Å². The van der Waals surface area contributed by atoms with Crippen LogP contribution in [0.15, 0.2) is 40.7 Å². The summed E-state index contributed by atoms with van der Waals surface area (Å²) >= 11 is 4.83. The first-order valence-electron chi connectivity index (χ1n) is 7.72. The lowest BCUT2D eigenvalue weighted by Crippen LogP contribution is -2.14. The van der Waals surface area contributed by atoms with Crippen molar-refractivity contribution in [1.82, 2.24) is 9.97 Å². The van der Waals surface area contributed by atoms with Gasteiger partial charge < -0.3 is 5.32 Å². The van der Waals surface area contributed by atoms with E-state index in [9.17, 15) is 4.79 Å². The van der Waals surface area contributed by atoms with Crippen LogP contribution in [0.25, 0.3) is 20.4 Å². The highest BCUT2D eigenvalue weighted by Crippen LogP contribution is 2.37. The number of anilines is 1. The van der Waals surface area contributed by atoms with Gasteiger partial charge in [-0.1, -0.05) is 52.9 Å². The number of carbonyl (C=O) groups excluding carboxylic acids is 1. The Balaban J connectivity index is 1.58. The van der Waals surface area contributed by atoms with E-state index in [4.69, 9.17) is 0 Å². The van der Waals surface area contributed by atoms with Crippen LogP contribution in [0.4, 0.5) is 5.13 Å². The first-order valence-corrected chi connectivity index (χ1v) is 10.6. The van der Waals surface area contributed by atoms with E-state index in [1.807, 2.05) is 49.6 Å². The maximum atomic E-state index is 12.3. The Bertz CT molecular complexity index is 1070. The summed E-state index contributed by atoms with van der Waals surface area (Å²) in [6.45, 7) is 2.04. The van der Waals surface area contributed by atoms with Gasteiger partial charge in [0.1, 0.15) is 0 Å². The number of amides is 1. The average molecular weight is 386 g/mol. The normalized spacial score (nSPS) is 11.3. The topological polar surface area (TPSA) is 54.9 Å². The number of rotatable bonds is 4. The highest BCUT2D eigenvalue weighted by molar-refractivity contribution is 8.00. The summed E-state index contributed by atoms with van der Waals surface area (Å²) in [5.74, 6) is -0.0479. The molecule has 0 saturated carbocycles. The second kappa shape index (κ2) is 6.74. The van der Waals surface area contributed by atoms with Gasteiger partial charge in [0.25, 0.3) is 0 Å². The van der Waals surface area contributed by atoms with Crippen molar-refractivity contribution in [2.45, 2.75) is 17.7 Å². The lowest BCUT2D eigenvalue weighted by molar-refractivity contribution is -0.115. The number of hydrogen-bond donors (Lipinski definition) is 1. The molecule has 0 aliphatic rings. The van der Waals surface area contributed by atoms with Crippen molar-refractivity contribution in [2.24, 2.45) is 0 Å². The molecule has 0 aliphatic heterocycles. The quantitative estimate of drug-likeness (QED) is 0.496. The number of aromatic nitrogens is 2. The highest BCUT2D eigenvalue weighted by Gasteiger charge is 2.13. The van der Waals surface area contributed by atoms with Crippen LogP contribution in [0.5, 0.6) is 0 Å². The summed E-state index contributed by atoms with van der Waals surface area (Å²) in [5.41, 5.74) is 4.08. The van der Waals surface area contributed by atoms with Crippen molar-refractivity contribution in [1.29, 1.82) is 0 Å². The molecule has 0 atom stereocenters. The summed E-state index contributed by atoms with van der Waals surface area (Å²) in [6.07, 6.45) is 2.38. The Labute approximate surface area is 157 Å². The monoisotopic (exact) mass is 385 g/mol. The van der Waals surface area contributed by atoms with E-state index in [2.05, 4.69) is 15.3 Å². The van der Waals surface area contributed by atoms with Crippen LogP contribution in [-0.4, -0.2) is 22.1 Å². The van der Waals surface area contributed by atoms with Gasteiger partial charge in [-0.15, -0.1) is 11.3 Å². The van der Waals surface area contributed by atoms with Gasteiger partial charge in [0.15, 0.2) is 9.47 Å². The summed E-state index contributed by atoms with van der Waals surface area (Å²) in [7, 11) is 0. The molecule has 7 heteroatoms. The molecule has 126 valence electrons. The van der Waals surface area contributed by atoms with Gasteiger partial charge in [-0.05, 0) is 30.9 Å². The fourth-order valence-electron chi connectivity index (χ4n) is 2.55. The van der Waals surface area contributed by atoms with Crippen molar-refractivity contribution < 1.29 is 4.79 Å². The molecule has 1 amide bonds. The molecule has 2 aromatic carbocycles. The summed E-state index contributed by atoms with van der Waals surface area (Å²) in [6, 6.07) is 12.0. The fraction of sp³-hybridized carbons (Fsp3) is 0.167. The van der Waals surface area contributed by atoms with Crippen LogP contribution in [0.3, 0.4) is 0 Å². The molecular weight excluding hydrogens is 370 g/mol.